The lowest BCUT2D eigenvalue weighted by Crippen LogP contribution is -2.41. The van der Waals surface area contributed by atoms with E-state index in [4.69, 9.17) is 20.8 Å². The van der Waals surface area contributed by atoms with Gasteiger partial charge in [-0.2, -0.15) is 0 Å². The number of amides is 1. The Labute approximate surface area is 127 Å². The van der Waals surface area contributed by atoms with Crippen LogP contribution in [-0.2, 0) is 0 Å². The fourth-order valence-electron chi connectivity index (χ4n) is 2.38. The maximum absolute atomic E-state index is 12.2. The monoisotopic (exact) mass is 306 g/mol. The largest absolute Gasteiger partial charge is 0.489 e. The van der Waals surface area contributed by atoms with Gasteiger partial charge in [-0.15, -0.1) is 0 Å². The standard InChI is InChI=1S/C15H15ClN2O3/c16-13-9-17-5-1-14(13)21-12-2-6-18(7-3-12)15(19)11-4-8-20-10-11/h1,4-5,8-10,12H,2-3,6-7H2. The summed E-state index contributed by atoms with van der Waals surface area (Å²) in [4.78, 5) is 17.9. The van der Waals surface area contributed by atoms with Gasteiger partial charge in [0.1, 0.15) is 23.1 Å². The molecule has 1 aliphatic rings. The number of ether oxygens (including phenoxy) is 1. The molecule has 1 amide bonds. The van der Waals surface area contributed by atoms with Crippen LogP contribution in [0.1, 0.15) is 23.2 Å². The summed E-state index contributed by atoms with van der Waals surface area (Å²) >= 11 is 6.03. The summed E-state index contributed by atoms with van der Waals surface area (Å²) in [6, 6.07) is 3.44. The van der Waals surface area contributed by atoms with Crippen LogP contribution >= 0.6 is 11.6 Å². The predicted octanol–water partition coefficient (Wildman–Crippen LogP) is 3.01. The third kappa shape index (κ3) is 3.19. The van der Waals surface area contributed by atoms with E-state index in [1.54, 1.807) is 24.5 Å². The van der Waals surface area contributed by atoms with Crippen molar-refractivity contribution in [2.24, 2.45) is 0 Å². The van der Waals surface area contributed by atoms with E-state index in [1.165, 1.54) is 12.5 Å². The van der Waals surface area contributed by atoms with Crippen LogP contribution in [0.5, 0.6) is 5.75 Å². The van der Waals surface area contributed by atoms with Gasteiger partial charge in [-0.25, -0.2) is 0 Å². The first-order valence-corrected chi connectivity index (χ1v) is 7.19. The topological polar surface area (TPSA) is 55.6 Å². The highest BCUT2D eigenvalue weighted by atomic mass is 35.5. The first-order valence-electron chi connectivity index (χ1n) is 6.81. The van der Waals surface area contributed by atoms with Gasteiger partial charge in [0.2, 0.25) is 0 Å². The molecule has 2 aromatic heterocycles. The minimum Gasteiger partial charge on any atom is -0.489 e. The second-order valence-corrected chi connectivity index (χ2v) is 5.33. The van der Waals surface area contributed by atoms with E-state index in [2.05, 4.69) is 4.98 Å². The molecule has 3 rings (SSSR count). The quantitative estimate of drug-likeness (QED) is 0.874. The molecule has 110 valence electrons. The minimum absolute atomic E-state index is 0.00384. The van der Waals surface area contributed by atoms with Gasteiger partial charge in [0.05, 0.1) is 11.8 Å². The van der Waals surface area contributed by atoms with E-state index in [0.717, 1.165) is 12.8 Å². The fraction of sp³-hybridized carbons (Fsp3) is 0.333. The normalized spacial score (nSPS) is 16.0. The molecular formula is C15H15ClN2O3. The summed E-state index contributed by atoms with van der Waals surface area (Å²) in [6.07, 6.45) is 7.83. The average molecular weight is 307 g/mol. The molecule has 0 radical (unpaired) electrons. The molecule has 0 spiro atoms. The number of carbonyl (C=O) groups is 1. The van der Waals surface area contributed by atoms with Crippen LogP contribution < -0.4 is 4.74 Å². The Morgan fingerprint density at radius 1 is 1.38 bits per heavy atom. The minimum atomic E-state index is 0.00384. The molecule has 0 N–H and O–H groups in total. The van der Waals surface area contributed by atoms with Crippen molar-refractivity contribution in [3.05, 3.63) is 47.6 Å². The number of halogens is 1. The van der Waals surface area contributed by atoms with Gasteiger partial charge in [0.15, 0.2) is 0 Å². The fourth-order valence-corrected chi connectivity index (χ4v) is 2.55. The number of carbonyl (C=O) groups excluding carboxylic acids is 1. The molecule has 1 aliphatic heterocycles. The van der Waals surface area contributed by atoms with Crippen LogP contribution in [0.2, 0.25) is 5.02 Å². The Balaban J connectivity index is 1.56. The van der Waals surface area contributed by atoms with Crippen LogP contribution in [0.3, 0.4) is 0 Å². The van der Waals surface area contributed by atoms with Crippen LogP contribution in [0.4, 0.5) is 0 Å². The lowest BCUT2D eigenvalue weighted by Gasteiger charge is -2.32. The maximum atomic E-state index is 12.2. The molecule has 2 aromatic rings. The van der Waals surface area contributed by atoms with Gasteiger partial charge in [-0.1, -0.05) is 11.6 Å². The molecule has 5 nitrogen and oxygen atoms in total. The zero-order valence-electron chi connectivity index (χ0n) is 11.4. The highest BCUT2D eigenvalue weighted by molar-refractivity contribution is 6.31. The maximum Gasteiger partial charge on any atom is 0.257 e. The molecule has 0 aliphatic carbocycles. The Morgan fingerprint density at radius 3 is 2.86 bits per heavy atom. The van der Waals surface area contributed by atoms with Gasteiger partial charge >= 0.3 is 0 Å². The lowest BCUT2D eigenvalue weighted by molar-refractivity contribution is 0.0595. The number of likely N-dealkylation sites (tertiary alicyclic amines) is 1. The van der Waals surface area contributed by atoms with E-state index in [-0.39, 0.29) is 12.0 Å². The number of nitrogens with zero attached hydrogens (tertiary/aromatic N) is 2. The number of pyridine rings is 1. The molecule has 21 heavy (non-hydrogen) atoms. The molecule has 0 atom stereocenters. The smallest absolute Gasteiger partial charge is 0.257 e. The number of piperidine rings is 1. The molecule has 6 heteroatoms. The molecule has 0 saturated carbocycles. The van der Waals surface area contributed by atoms with Crippen molar-refractivity contribution in [1.82, 2.24) is 9.88 Å². The van der Waals surface area contributed by atoms with Gasteiger partial charge in [-0.3, -0.25) is 9.78 Å². The number of hydrogen-bond donors (Lipinski definition) is 0. The van der Waals surface area contributed by atoms with E-state index in [0.29, 0.717) is 29.4 Å². The van der Waals surface area contributed by atoms with Crippen molar-refractivity contribution in [3.63, 3.8) is 0 Å². The van der Waals surface area contributed by atoms with E-state index in [9.17, 15) is 4.79 Å². The number of hydrogen-bond acceptors (Lipinski definition) is 4. The van der Waals surface area contributed by atoms with Crippen LogP contribution in [-0.4, -0.2) is 35.0 Å². The Hall–Kier alpha value is -2.01. The zero-order valence-corrected chi connectivity index (χ0v) is 12.1. The summed E-state index contributed by atoms with van der Waals surface area (Å²) < 4.78 is 10.8. The van der Waals surface area contributed by atoms with Crippen LogP contribution in [0, 0.1) is 0 Å². The van der Waals surface area contributed by atoms with Gasteiger partial charge in [-0.05, 0) is 6.07 Å². The van der Waals surface area contributed by atoms with E-state index in [1.807, 2.05) is 4.90 Å². The molecule has 3 heterocycles. The third-order valence-corrected chi connectivity index (χ3v) is 3.81. The van der Waals surface area contributed by atoms with Crippen LogP contribution in [0.25, 0.3) is 0 Å². The first-order chi connectivity index (χ1) is 10.2. The summed E-state index contributed by atoms with van der Waals surface area (Å²) in [5, 5.41) is 0.509. The SMILES string of the molecule is O=C(c1ccoc1)N1CCC(Oc2ccncc2Cl)CC1. The molecule has 0 aromatic carbocycles. The summed E-state index contributed by atoms with van der Waals surface area (Å²) in [5.74, 6) is 0.649. The summed E-state index contributed by atoms with van der Waals surface area (Å²) in [6.45, 7) is 1.33. The van der Waals surface area contributed by atoms with Crippen molar-refractivity contribution in [2.75, 3.05) is 13.1 Å². The molecule has 0 bridgehead atoms. The van der Waals surface area contributed by atoms with E-state index < -0.39 is 0 Å². The van der Waals surface area contributed by atoms with Gasteiger partial charge in [0, 0.05) is 44.4 Å². The number of aromatic nitrogens is 1. The Kier molecular flexibility index (Phi) is 4.10. The summed E-state index contributed by atoms with van der Waals surface area (Å²) in [5.41, 5.74) is 0.589. The van der Waals surface area contributed by atoms with Crippen molar-refractivity contribution in [2.45, 2.75) is 18.9 Å². The molecule has 1 saturated heterocycles. The molecular weight excluding hydrogens is 292 g/mol. The number of rotatable bonds is 3. The second-order valence-electron chi connectivity index (χ2n) is 4.93. The Bertz CT molecular complexity index is 607. The third-order valence-electron chi connectivity index (χ3n) is 3.53. The highest BCUT2D eigenvalue weighted by Gasteiger charge is 2.25. The first kappa shape index (κ1) is 13.9. The average Bonchev–Trinajstić information content (AvgIpc) is 3.04. The molecule has 1 fully saturated rings. The van der Waals surface area contributed by atoms with Crippen LogP contribution in [0.15, 0.2) is 41.5 Å². The van der Waals surface area contributed by atoms with Crippen molar-refractivity contribution >= 4 is 17.5 Å². The summed E-state index contributed by atoms with van der Waals surface area (Å²) in [7, 11) is 0. The zero-order chi connectivity index (χ0) is 14.7. The highest BCUT2D eigenvalue weighted by Crippen LogP contribution is 2.26. The lowest BCUT2D eigenvalue weighted by atomic mass is 10.1. The Morgan fingerprint density at radius 2 is 2.19 bits per heavy atom. The van der Waals surface area contributed by atoms with Crippen molar-refractivity contribution < 1.29 is 13.9 Å². The van der Waals surface area contributed by atoms with Gasteiger partial charge in [0.25, 0.3) is 5.91 Å². The second kappa shape index (κ2) is 6.18. The number of furan rings is 1. The van der Waals surface area contributed by atoms with Crippen molar-refractivity contribution in [3.8, 4) is 5.75 Å². The van der Waals surface area contributed by atoms with Gasteiger partial charge < -0.3 is 14.1 Å². The van der Waals surface area contributed by atoms with Crippen molar-refractivity contribution in [1.29, 1.82) is 0 Å². The predicted molar refractivity (Wildman–Crippen MR) is 77.5 cm³/mol. The van der Waals surface area contributed by atoms with E-state index >= 15 is 0 Å². The molecule has 0 unspecified atom stereocenters.